The molecule has 0 amide bonds. The lowest BCUT2D eigenvalue weighted by molar-refractivity contribution is 0.196. The lowest BCUT2D eigenvalue weighted by Crippen LogP contribution is -2.29. The van der Waals surface area contributed by atoms with Crippen LogP contribution in [0.4, 0.5) is 0 Å². The average molecular weight is 161 g/mol. The number of methoxy groups -OCH3 is 1. The summed E-state index contributed by atoms with van der Waals surface area (Å²) in [6.07, 6.45) is 2.30. The minimum atomic E-state index is 0.377. The fourth-order valence-electron chi connectivity index (χ4n) is 1.06. The highest BCUT2D eigenvalue weighted by molar-refractivity contribution is 4.66. The molecule has 0 aromatic rings. The van der Waals surface area contributed by atoms with Gasteiger partial charge in [-0.2, -0.15) is 0 Å². The molecule has 0 saturated carbocycles. The maximum atomic E-state index is 8.66. The van der Waals surface area contributed by atoms with E-state index in [9.17, 15) is 0 Å². The first-order valence-electron chi connectivity index (χ1n) is 4.06. The molecule has 68 valence electrons. The number of aliphatic hydroxyl groups is 1. The molecule has 3 nitrogen and oxygen atoms in total. The van der Waals surface area contributed by atoms with Crippen LogP contribution in [0.1, 0.15) is 12.8 Å². The van der Waals surface area contributed by atoms with Gasteiger partial charge in [0, 0.05) is 20.8 Å². The van der Waals surface area contributed by atoms with E-state index in [1.165, 1.54) is 0 Å². The Kier molecular flexibility index (Phi) is 7.89. The molecule has 1 fully saturated rings. The molecule has 0 bridgehead atoms. The first kappa shape index (κ1) is 10.9. The van der Waals surface area contributed by atoms with Gasteiger partial charge in [-0.1, -0.05) is 0 Å². The number of ether oxygens (including phenoxy) is 1. The van der Waals surface area contributed by atoms with Crippen molar-refractivity contribution >= 4 is 0 Å². The summed E-state index contributed by atoms with van der Waals surface area (Å²) in [5.41, 5.74) is 0. The van der Waals surface area contributed by atoms with Crippen LogP contribution in [0.5, 0.6) is 0 Å². The molecule has 11 heavy (non-hydrogen) atoms. The zero-order valence-electron chi connectivity index (χ0n) is 7.47. The summed E-state index contributed by atoms with van der Waals surface area (Å²) in [5, 5.41) is 11.9. The minimum absolute atomic E-state index is 0.377. The molecule has 2 N–H and O–H groups in total. The SMILES string of the molecule is COC.OCC1CCNCC1. The second-order valence-corrected chi connectivity index (χ2v) is 2.78. The van der Waals surface area contributed by atoms with Gasteiger partial charge in [0.25, 0.3) is 0 Å². The average Bonchev–Trinajstić information content (AvgIpc) is 2.08. The summed E-state index contributed by atoms with van der Waals surface area (Å²) >= 11 is 0. The molecular weight excluding hydrogens is 142 g/mol. The Balaban J connectivity index is 0.000000292. The number of piperidine rings is 1. The predicted octanol–water partition coefficient (Wildman–Crippen LogP) is 0.241. The monoisotopic (exact) mass is 161 g/mol. The third-order valence-electron chi connectivity index (χ3n) is 1.72. The quantitative estimate of drug-likeness (QED) is 0.579. The van der Waals surface area contributed by atoms with Crippen molar-refractivity contribution in [1.29, 1.82) is 0 Å². The van der Waals surface area contributed by atoms with Crippen LogP contribution in [0, 0.1) is 5.92 Å². The first-order chi connectivity index (χ1) is 5.35. The van der Waals surface area contributed by atoms with Crippen LogP contribution >= 0.6 is 0 Å². The van der Waals surface area contributed by atoms with Gasteiger partial charge in [0.2, 0.25) is 0 Å². The summed E-state index contributed by atoms with van der Waals surface area (Å²) in [4.78, 5) is 0. The summed E-state index contributed by atoms with van der Waals surface area (Å²) in [6, 6.07) is 0. The van der Waals surface area contributed by atoms with E-state index in [1.807, 2.05) is 0 Å². The van der Waals surface area contributed by atoms with E-state index < -0.39 is 0 Å². The molecule has 0 aromatic heterocycles. The molecule has 0 unspecified atom stereocenters. The fraction of sp³-hybridized carbons (Fsp3) is 1.00. The number of hydrogen-bond acceptors (Lipinski definition) is 3. The Labute approximate surface area is 68.8 Å². The molecule has 1 heterocycles. The fourth-order valence-corrected chi connectivity index (χ4v) is 1.06. The highest BCUT2D eigenvalue weighted by atomic mass is 16.4. The molecule has 1 aliphatic heterocycles. The normalized spacial score (nSPS) is 18.8. The summed E-state index contributed by atoms with van der Waals surface area (Å²) < 4.78 is 4.25. The van der Waals surface area contributed by atoms with Gasteiger partial charge >= 0.3 is 0 Å². The van der Waals surface area contributed by atoms with Crippen molar-refractivity contribution in [2.75, 3.05) is 33.9 Å². The lowest BCUT2D eigenvalue weighted by Gasteiger charge is -2.19. The molecule has 0 aromatic carbocycles. The summed E-state index contributed by atoms with van der Waals surface area (Å²) in [7, 11) is 3.25. The van der Waals surface area contributed by atoms with Crippen molar-refractivity contribution in [1.82, 2.24) is 5.32 Å². The standard InChI is InChI=1S/C6H13NO.C2H6O/c8-5-6-1-3-7-4-2-6;1-3-2/h6-8H,1-5H2;1-2H3. The second-order valence-electron chi connectivity index (χ2n) is 2.78. The lowest BCUT2D eigenvalue weighted by atomic mass is 10.00. The zero-order valence-corrected chi connectivity index (χ0v) is 7.47. The predicted molar refractivity (Wildman–Crippen MR) is 45.6 cm³/mol. The van der Waals surface area contributed by atoms with E-state index in [0.717, 1.165) is 25.9 Å². The van der Waals surface area contributed by atoms with E-state index in [4.69, 9.17) is 5.11 Å². The van der Waals surface area contributed by atoms with Crippen molar-refractivity contribution in [2.24, 2.45) is 5.92 Å². The molecule has 0 aliphatic carbocycles. The molecule has 0 spiro atoms. The second kappa shape index (κ2) is 7.98. The molecule has 0 radical (unpaired) electrons. The van der Waals surface area contributed by atoms with Crippen LogP contribution in [-0.4, -0.2) is 39.0 Å². The Hall–Kier alpha value is -0.120. The van der Waals surface area contributed by atoms with Crippen molar-refractivity contribution < 1.29 is 9.84 Å². The van der Waals surface area contributed by atoms with E-state index in [-0.39, 0.29) is 0 Å². The van der Waals surface area contributed by atoms with E-state index >= 15 is 0 Å². The number of hydrogen-bond donors (Lipinski definition) is 2. The van der Waals surface area contributed by atoms with E-state index in [0.29, 0.717) is 12.5 Å². The van der Waals surface area contributed by atoms with Crippen LogP contribution < -0.4 is 5.32 Å². The number of nitrogens with one attached hydrogen (secondary N) is 1. The van der Waals surface area contributed by atoms with Crippen LogP contribution in [-0.2, 0) is 4.74 Å². The number of rotatable bonds is 1. The van der Waals surface area contributed by atoms with Gasteiger partial charge < -0.3 is 15.2 Å². The van der Waals surface area contributed by atoms with Gasteiger partial charge in [-0.15, -0.1) is 0 Å². The first-order valence-corrected chi connectivity index (χ1v) is 4.06. The summed E-state index contributed by atoms with van der Waals surface area (Å²) in [6.45, 7) is 2.55. The van der Waals surface area contributed by atoms with E-state index in [1.54, 1.807) is 14.2 Å². The molecule has 1 aliphatic rings. The Morgan fingerprint density at radius 2 is 1.82 bits per heavy atom. The molecular formula is C8H19NO2. The van der Waals surface area contributed by atoms with Gasteiger partial charge in [0.1, 0.15) is 0 Å². The number of aliphatic hydroxyl groups excluding tert-OH is 1. The van der Waals surface area contributed by atoms with Crippen molar-refractivity contribution in [3.8, 4) is 0 Å². The third kappa shape index (κ3) is 6.28. The molecule has 0 atom stereocenters. The largest absolute Gasteiger partial charge is 0.396 e. The third-order valence-corrected chi connectivity index (χ3v) is 1.72. The Morgan fingerprint density at radius 3 is 2.09 bits per heavy atom. The van der Waals surface area contributed by atoms with Gasteiger partial charge in [0.05, 0.1) is 0 Å². The van der Waals surface area contributed by atoms with E-state index in [2.05, 4.69) is 10.1 Å². The highest BCUT2D eigenvalue weighted by Crippen LogP contribution is 2.08. The highest BCUT2D eigenvalue weighted by Gasteiger charge is 2.09. The van der Waals surface area contributed by atoms with Crippen molar-refractivity contribution in [3.05, 3.63) is 0 Å². The molecule has 1 saturated heterocycles. The van der Waals surface area contributed by atoms with Gasteiger partial charge in [-0.25, -0.2) is 0 Å². The molecule has 1 rings (SSSR count). The Morgan fingerprint density at radius 1 is 1.36 bits per heavy atom. The maximum absolute atomic E-state index is 8.66. The topological polar surface area (TPSA) is 41.5 Å². The smallest absolute Gasteiger partial charge is 0.0460 e. The zero-order chi connectivity index (χ0) is 8.53. The van der Waals surface area contributed by atoms with Crippen LogP contribution in [0.25, 0.3) is 0 Å². The van der Waals surface area contributed by atoms with Crippen LogP contribution in [0.15, 0.2) is 0 Å². The van der Waals surface area contributed by atoms with Crippen LogP contribution in [0.2, 0.25) is 0 Å². The minimum Gasteiger partial charge on any atom is -0.396 e. The van der Waals surface area contributed by atoms with Gasteiger partial charge in [-0.3, -0.25) is 0 Å². The molecule has 3 heteroatoms. The maximum Gasteiger partial charge on any atom is 0.0460 e. The Bertz CT molecular complexity index is 72.5. The van der Waals surface area contributed by atoms with Crippen LogP contribution in [0.3, 0.4) is 0 Å². The van der Waals surface area contributed by atoms with Crippen molar-refractivity contribution in [3.63, 3.8) is 0 Å². The van der Waals surface area contributed by atoms with Gasteiger partial charge in [-0.05, 0) is 31.8 Å². The van der Waals surface area contributed by atoms with Crippen molar-refractivity contribution in [2.45, 2.75) is 12.8 Å². The summed E-state index contributed by atoms with van der Waals surface area (Å²) in [5.74, 6) is 0.580. The van der Waals surface area contributed by atoms with Gasteiger partial charge in [0.15, 0.2) is 0 Å².